The molecule has 1 atom stereocenters. The minimum absolute atomic E-state index is 0.0968. The fourth-order valence-corrected chi connectivity index (χ4v) is 8.42. The number of benzene rings is 2. The summed E-state index contributed by atoms with van der Waals surface area (Å²) in [7, 11) is 2.09. The molecule has 2 saturated heterocycles. The van der Waals surface area contributed by atoms with Gasteiger partial charge >= 0.3 is 0 Å². The van der Waals surface area contributed by atoms with Gasteiger partial charge < -0.3 is 23.7 Å². The number of carbonyl (C=O) groups is 4. The number of aromatic nitrogens is 3. The second-order valence-electron chi connectivity index (χ2n) is 15.6. The fraction of sp³-hybridized carbons (Fsp3) is 0.409. The largest absolute Gasteiger partial charge is 0.474 e. The first-order valence-electron chi connectivity index (χ1n) is 20.1. The van der Waals surface area contributed by atoms with Crippen LogP contribution < -0.4 is 15.0 Å². The van der Waals surface area contributed by atoms with Gasteiger partial charge in [0.25, 0.3) is 11.8 Å². The van der Waals surface area contributed by atoms with Crippen molar-refractivity contribution in [1.29, 1.82) is 0 Å². The van der Waals surface area contributed by atoms with Gasteiger partial charge in [-0.15, -0.1) is 0 Å². The quantitative estimate of drug-likeness (QED) is 0.0999. The number of piperidine rings is 1. The molecule has 3 fully saturated rings. The molecule has 4 amide bonds. The minimum Gasteiger partial charge on any atom is -0.474 e. The van der Waals surface area contributed by atoms with Crippen molar-refractivity contribution in [2.45, 2.75) is 82.1 Å². The lowest BCUT2D eigenvalue weighted by Crippen LogP contribution is -2.54. The summed E-state index contributed by atoms with van der Waals surface area (Å²) in [6, 6.07) is 16.8. The van der Waals surface area contributed by atoms with E-state index in [9.17, 15) is 19.2 Å². The Morgan fingerprint density at radius 3 is 2.26 bits per heavy atom. The van der Waals surface area contributed by atoms with Gasteiger partial charge in [0.05, 0.1) is 28.9 Å². The van der Waals surface area contributed by atoms with Crippen LogP contribution in [0.15, 0.2) is 73.2 Å². The first kappa shape index (κ1) is 36.9. The Morgan fingerprint density at radius 1 is 0.737 bits per heavy atom. The van der Waals surface area contributed by atoms with Crippen LogP contribution in [-0.2, 0) is 26.1 Å². The zero-order valence-corrected chi connectivity index (χ0v) is 32.0. The molecule has 6 heterocycles. The standard InChI is InChI=1S/C44H46N6O7/c1-48-37-15-16-45-24-36(37)33-10-7-27(19-39(33)48)28-8-14-41(46-23-28)57-31-21-30(22-31)55-17-5-3-2-4-6-18-56-32-25-49(26-32)29-9-11-34-35(20-29)44(54)50(43(34)53)38-12-13-40(51)47-42(38)52/h7-11,14-16,19-20,23-24,30-32,38H,2-6,12-13,17-18,21-22,25-26H2,1H3,(H,47,51,52)/t30-,31-,38?. The van der Waals surface area contributed by atoms with Crippen LogP contribution in [-0.4, -0.2) is 93.7 Å². The van der Waals surface area contributed by atoms with Gasteiger partial charge in [-0.2, -0.15) is 0 Å². The van der Waals surface area contributed by atoms with Crippen LogP contribution in [0, 0.1) is 0 Å². The molecule has 13 nitrogen and oxygen atoms in total. The number of hydrogen-bond acceptors (Lipinski definition) is 10. The van der Waals surface area contributed by atoms with Gasteiger partial charge in [-0.25, -0.2) is 4.98 Å². The Hall–Kier alpha value is -5.66. The van der Waals surface area contributed by atoms with Crippen molar-refractivity contribution in [2.75, 3.05) is 31.2 Å². The Bertz CT molecular complexity index is 2350. The molecule has 5 aromatic rings. The minimum atomic E-state index is -0.964. The normalized spacial score (nSPS) is 20.9. The number of imide groups is 2. The van der Waals surface area contributed by atoms with Crippen molar-refractivity contribution < 1.29 is 33.4 Å². The van der Waals surface area contributed by atoms with Gasteiger partial charge in [-0.05, 0) is 61.2 Å². The molecule has 0 spiro atoms. The molecule has 1 saturated carbocycles. The van der Waals surface area contributed by atoms with Crippen molar-refractivity contribution in [3.63, 3.8) is 0 Å². The molecule has 3 aromatic heterocycles. The van der Waals surface area contributed by atoms with Crippen LogP contribution in [0.4, 0.5) is 5.69 Å². The number of aryl methyl sites for hydroxylation is 1. The Balaban J connectivity index is 0.618. The number of nitrogens with zero attached hydrogens (tertiary/aromatic N) is 5. The molecule has 1 aliphatic carbocycles. The van der Waals surface area contributed by atoms with Gasteiger partial charge in [-0.3, -0.25) is 34.4 Å². The molecular weight excluding hydrogens is 725 g/mol. The third-order valence-corrected chi connectivity index (χ3v) is 11.8. The average Bonchev–Trinajstić information content (AvgIpc) is 3.61. The molecular formula is C44H46N6O7. The SMILES string of the molecule is Cn1c2ccncc2c2ccc(-c3ccc(O[C@H]4C[C@H](OCCCCCCCOC5CN(c6ccc7c(c6)C(=O)N(C6CCC(=O)NC6=O)C7=O)C5)C4)nc3)cc21. The highest BCUT2D eigenvalue weighted by atomic mass is 16.5. The van der Waals surface area contributed by atoms with Crippen LogP contribution in [0.5, 0.6) is 5.88 Å². The number of amides is 4. The Labute approximate surface area is 330 Å². The lowest BCUT2D eigenvalue weighted by Gasteiger charge is -2.40. The first-order valence-corrected chi connectivity index (χ1v) is 20.1. The van der Waals surface area contributed by atoms with Crippen molar-refractivity contribution >= 4 is 51.1 Å². The number of unbranched alkanes of at least 4 members (excludes halogenated alkanes) is 4. The first-order chi connectivity index (χ1) is 27.8. The maximum Gasteiger partial charge on any atom is 0.262 e. The second-order valence-corrected chi connectivity index (χ2v) is 15.6. The van der Waals surface area contributed by atoms with Gasteiger partial charge in [0.2, 0.25) is 17.7 Å². The molecule has 2 aromatic carbocycles. The van der Waals surface area contributed by atoms with Gasteiger partial charge in [-0.1, -0.05) is 31.4 Å². The number of nitrogens with one attached hydrogen (secondary N) is 1. The van der Waals surface area contributed by atoms with Gasteiger partial charge in [0, 0.05) is 105 Å². The lowest BCUT2D eigenvalue weighted by atomic mass is 9.92. The molecule has 13 heteroatoms. The molecule has 1 N–H and O–H groups in total. The number of pyridine rings is 2. The number of anilines is 1. The average molecular weight is 771 g/mol. The third-order valence-electron chi connectivity index (χ3n) is 11.8. The van der Waals surface area contributed by atoms with E-state index in [4.69, 9.17) is 14.2 Å². The summed E-state index contributed by atoms with van der Waals surface area (Å²) in [6.45, 7) is 2.92. The van der Waals surface area contributed by atoms with E-state index in [1.807, 2.05) is 36.8 Å². The summed E-state index contributed by atoms with van der Waals surface area (Å²) in [5.74, 6) is -1.33. The predicted octanol–water partition coefficient (Wildman–Crippen LogP) is 5.97. The van der Waals surface area contributed by atoms with E-state index in [1.54, 1.807) is 12.1 Å². The van der Waals surface area contributed by atoms with Crippen molar-refractivity contribution in [3.8, 4) is 17.0 Å². The summed E-state index contributed by atoms with van der Waals surface area (Å²) < 4.78 is 20.5. The molecule has 0 bridgehead atoms. The zero-order valence-electron chi connectivity index (χ0n) is 32.0. The molecule has 4 aliphatic rings. The predicted molar refractivity (Wildman–Crippen MR) is 213 cm³/mol. The van der Waals surface area contributed by atoms with Gasteiger partial charge in [0.15, 0.2) is 0 Å². The maximum atomic E-state index is 13.1. The number of hydrogen-bond donors (Lipinski definition) is 1. The number of carbonyl (C=O) groups excluding carboxylic acids is 4. The maximum absolute atomic E-state index is 13.1. The monoisotopic (exact) mass is 770 g/mol. The van der Waals surface area contributed by atoms with Crippen molar-refractivity contribution in [1.82, 2.24) is 24.8 Å². The van der Waals surface area contributed by atoms with E-state index in [1.165, 1.54) is 16.4 Å². The van der Waals surface area contributed by atoms with E-state index in [0.29, 0.717) is 31.1 Å². The Kier molecular flexibility index (Phi) is 10.2. The molecule has 9 rings (SSSR count). The highest BCUT2D eigenvalue weighted by Crippen LogP contribution is 2.34. The Morgan fingerprint density at radius 2 is 1.49 bits per heavy atom. The molecule has 3 aliphatic heterocycles. The van der Waals surface area contributed by atoms with Gasteiger partial charge in [0.1, 0.15) is 12.1 Å². The second kappa shape index (κ2) is 15.7. The van der Waals surface area contributed by atoms with Crippen molar-refractivity contribution in [2.24, 2.45) is 7.05 Å². The van der Waals surface area contributed by atoms with Crippen LogP contribution in [0.1, 0.15) is 78.5 Å². The van der Waals surface area contributed by atoms with Crippen LogP contribution in [0.2, 0.25) is 0 Å². The summed E-state index contributed by atoms with van der Waals surface area (Å²) in [6.07, 6.45) is 13.6. The van der Waals surface area contributed by atoms with E-state index < -0.39 is 23.8 Å². The van der Waals surface area contributed by atoms with E-state index in [0.717, 1.165) is 78.7 Å². The summed E-state index contributed by atoms with van der Waals surface area (Å²) in [5, 5.41) is 4.58. The third kappa shape index (κ3) is 7.37. The molecule has 57 heavy (non-hydrogen) atoms. The van der Waals surface area contributed by atoms with E-state index in [2.05, 4.69) is 56.1 Å². The van der Waals surface area contributed by atoms with Crippen LogP contribution in [0.25, 0.3) is 32.9 Å². The van der Waals surface area contributed by atoms with E-state index in [-0.39, 0.29) is 42.6 Å². The molecule has 0 radical (unpaired) electrons. The van der Waals surface area contributed by atoms with Crippen LogP contribution in [0.3, 0.4) is 0 Å². The summed E-state index contributed by atoms with van der Waals surface area (Å²) in [4.78, 5) is 62.0. The van der Waals surface area contributed by atoms with Crippen molar-refractivity contribution in [3.05, 3.63) is 84.3 Å². The highest BCUT2D eigenvalue weighted by molar-refractivity contribution is 6.23. The molecule has 294 valence electrons. The summed E-state index contributed by atoms with van der Waals surface area (Å²) >= 11 is 0. The lowest BCUT2D eigenvalue weighted by molar-refractivity contribution is -0.136. The zero-order chi connectivity index (χ0) is 39.0. The topological polar surface area (TPSA) is 145 Å². The van der Waals surface area contributed by atoms with E-state index >= 15 is 0 Å². The molecule has 1 unspecified atom stereocenters. The smallest absolute Gasteiger partial charge is 0.262 e. The van der Waals surface area contributed by atoms with Crippen LogP contribution >= 0.6 is 0 Å². The summed E-state index contributed by atoms with van der Waals surface area (Å²) in [5.41, 5.74) is 5.94. The fourth-order valence-electron chi connectivity index (χ4n) is 8.42. The highest BCUT2D eigenvalue weighted by Gasteiger charge is 2.45. The number of ether oxygens (including phenoxy) is 3. The number of rotatable bonds is 15. The number of fused-ring (bicyclic) bond motifs is 4.